The van der Waals surface area contributed by atoms with Gasteiger partial charge in [-0.3, -0.25) is 14.2 Å². The largest absolute Gasteiger partial charge is 0.355 e. The highest BCUT2D eigenvalue weighted by atomic mass is 16.2. The molecule has 0 spiro atoms. The molecule has 0 radical (unpaired) electrons. The first-order chi connectivity index (χ1) is 8.72. The molecule has 1 heterocycles. The summed E-state index contributed by atoms with van der Waals surface area (Å²) in [6.45, 7) is 2.61. The van der Waals surface area contributed by atoms with Gasteiger partial charge in [0.05, 0.1) is 17.2 Å². The van der Waals surface area contributed by atoms with Crippen LogP contribution in [0.2, 0.25) is 0 Å². The van der Waals surface area contributed by atoms with Crippen molar-refractivity contribution in [1.82, 2.24) is 14.9 Å². The van der Waals surface area contributed by atoms with Gasteiger partial charge in [0.25, 0.3) is 5.56 Å². The summed E-state index contributed by atoms with van der Waals surface area (Å²) in [7, 11) is 0. The van der Waals surface area contributed by atoms with Gasteiger partial charge in [0, 0.05) is 6.54 Å². The van der Waals surface area contributed by atoms with E-state index in [2.05, 4.69) is 10.3 Å². The summed E-state index contributed by atoms with van der Waals surface area (Å²) in [5.74, 6) is -0.170. The highest BCUT2D eigenvalue weighted by Gasteiger charge is 2.06. The van der Waals surface area contributed by atoms with Crippen LogP contribution in [0.5, 0.6) is 0 Å². The first-order valence-corrected chi connectivity index (χ1v) is 5.93. The second kappa shape index (κ2) is 5.44. The van der Waals surface area contributed by atoms with Crippen LogP contribution >= 0.6 is 0 Å². The number of nitrogens with zero attached hydrogens (tertiary/aromatic N) is 2. The second-order valence-corrected chi connectivity index (χ2v) is 4.04. The van der Waals surface area contributed by atoms with Gasteiger partial charge in [0.15, 0.2) is 0 Å². The van der Waals surface area contributed by atoms with Crippen molar-refractivity contribution in [2.45, 2.75) is 19.9 Å². The number of hydrogen-bond donors (Lipinski definition) is 1. The fourth-order valence-electron chi connectivity index (χ4n) is 1.69. The van der Waals surface area contributed by atoms with E-state index in [4.69, 9.17) is 0 Å². The molecule has 1 N–H and O–H groups in total. The van der Waals surface area contributed by atoms with Crippen LogP contribution in [0.4, 0.5) is 0 Å². The lowest BCUT2D eigenvalue weighted by Crippen LogP contribution is -2.32. The Hall–Kier alpha value is -2.17. The lowest BCUT2D eigenvalue weighted by molar-refractivity contribution is -0.121. The van der Waals surface area contributed by atoms with Gasteiger partial charge < -0.3 is 5.32 Å². The van der Waals surface area contributed by atoms with Gasteiger partial charge in [-0.15, -0.1) is 0 Å². The van der Waals surface area contributed by atoms with E-state index in [1.165, 1.54) is 10.9 Å². The molecule has 0 aliphatic carbocycles. The Morgan fingerprint density at radius 3 is 2.94 bits per heavy atom. The van der Waals surface area contributed by atoms with Gasteiger partial charge in [0.2, 0.25) is 5.91 Å². The Morgan fingerprint density at radius 1 is 1.39 bits per heavy atom. The van der Waals surface area contributed by atoms with E-state index in [-0.39, 0.29) is 18.0 Å². The van der Waals surface area contributed by atoms with Crippen LogP contribution < -0.4 is 10.9 Å². The normalized spacial score (nSPS) is 10.5. The number of para-hydroxylation sites is 1. The van der Waals surface area contributed by atoms with E-state index in [1.54, 1.807) is 18.2 Å². The van der Waals surface area contributed by atoms with Crippen molar-refractivity contribution in [2.75, 3.05) is 6.54 Å². The molecule has 1 amide bonds. The molecule has 0 saturated carbocycles. The van der Waals surface area contributed by atoms with Crippen molar-refractivity contribution in [1.29, 1.82) is 0 Å². The molecule has 0 atom stereocenters. The number of rotatable bonds is 4. The van der Waals surface area contributed by atoms with Crippen molar-refractivity contribution in [3.05, 3.63) is 40.9 Å². The minimum absolute atomic E-state index is 0.0106. The van der Waals surface area contributed by atoms with Crippen molar-refractivity contribution < 1.29 is 4.79 Å². The second-order valence-electron chi connectivity index (χ2n) is 4.04. The van der Waals surface area contributed by atoms with Crippen LogP contribution in [0, 0.1) is 0 Å². The molecule has 5 nitrogen and oxygen atoms in total. The summed E-state index contributed by atoms with van der Waals surface area (Å²) in [5, 5.41) is 3.26. The molecule has 2 rings (SSSR count). The van der Waals surface area contributed by atoms with Gasteiger partial charge in [-0.05, 0) is 18.6 Å². The lowest BCUT2D eigenvalue weighted by atomic mass is 10.2. The third-order valence-corrected chi connectivity index (χ3v) is 2.62. The predicted molar refractivity (Wildman–Crippen MR) is 69.3 cm³/mol. The van der Waals surface area contributed by atoms with Gasteiger partial charge in [-0.1, -0.05) is 19.1 Å². The molecule has 18 heavy (non-hydrogen) atoms. The molecule has 5 heteroatoms. The lowest BCUT2D eigenvalue weighted by Gasteiger charge is -2.06. The number of amides is 1. The minimum atomic E-state index is -0.188. The molecule has 0 fully saturated rings. The smallest absolute Gasteiger partial charge is 0.261 e. The molecule has 0 bridgehead atoms. The Kier molecular flexibility index (Phi) is 3.72. The van der Waals surface area contributed by atoms with Crippen LogP contribution in [-0.2, 0) is 11.3 Å². The van der Waals surface area contributed by atoms with Crippen LogP contribution in [-0.4, -0.2) is 22.0 Å². The summed E-state index contributed by atoms with van der Waals surface area (Å²) in [6, 6.07) is 7.10. The van der Waals surface area contributed by atoms with E-state index in [1.807, 2.05) is 13.0 Å². The van der Waals surface area contributed by atoms with E-state index in [0.29, 0.717) is 17.4 Å². The van der Waals surface area contributed by atoms with Crippen LogP contribution in [0.1, 0.15) is 13.3 Å². The van der Waals surface area contributed by atoms with Crippen molar-refractivity contribution in [2.24, 2.45) is 0 Å². The molecule has 0 unspecified atom stereocenters. The maximum absolute atomic E-state index is 12.1. The molecule has 0 aliphatic rings. The topological polar surface area (TPSA) is 64.0 Å². The molecule has 0 aliphatic heterocycles. The third kappa shape index (κ3) is 2.56. The molecular formula is C13H15N3O2. The molecule has 2 aromatic rings. The van der Waals surface area contributed by atoms with E-state index in [9.17, 15) is 9.59 Å². The monoisotopic (exact) mass is 245 g/mol. The fourth-order valence-corrected chi connectivity index (χ4v) is 1.69. The number of carbonyl (C=O) groups excluding carboxylic acids is 1. The zero-order valence-corrected chi connectivity index (χ0v) is 10.2. The number of hydrogen-bond acceptors (Lipinski definition) is 3. The SMILES string of the molecule is CCCNC(=O)Cn1cnc2ccccc2c1=O. The summed E-state index contributed by atoms with van der Waals surface area (Å²) >= 11 is 0. The predicted octanol–water partition coefficient (Wildman–Crippen LogP) is 0.923. The van der Waals surface area contributed by atoms with Gasteiger partial charge >= 0.3 is 0 Å². The molecule has 1 aromatic carbocycles. The maximum atomic E-state index is 12.1. The van der Waals surface area contributed by atoms with Crippen molar-refractivity contribution in [3.63, 3.8) is 0 Å². The molecule has 94 valence electrons. The number of aromatic nitrogens is 2. The highest BCUT2D eigenvalue weighted by Crippen LogP contribution is 2.04. The maximum Gasteiger partial charge on any atom is 0.261 e. The molecular weight excluding hydrogens is 230 g/mol. The van der Waals surface area contributed by atoms with Crippen molar-refractivity contribution in [3.8, 4) is 0 Å². The van der Waals surface area contributed by atoms with Gasteiger partial charge in [-0.2, -0.15) is 0 Å². The highest BCUT2D eigenvalue weighted by molar-refractivity contribution is 5.78. The van der Waals surface area contributed by atoms with Crippen LogP contribution in [0.25, 0.3) is 10.9 Å². The Bertz CT molecular complexity index is 619. The number of carbonyl (C=O) groups is 1. The zero-order chi connectivity index (χ0) is 13.0. The first kappa shape index (κ1) is 12.3. The summed E-state index contributed by atoms with van der Waals surface area (Å²) in [6.07, 6.45) is 2.28. The fraction of sp³-hybridized carbons (Fsp3) is 0.308. The van der Waals surface area contributed by atoms with Gasteiger partial charge in [-0.25, -0.2) is 4.98 Å². The number of benzene rings is 1. The standard InChI is InChI=1S/C13H15N3O2/c1-2-7-14-12(17)8-16-9-15-11-6-4-3-5-10(11)13(16)18/h3-6,9H,2,7-8H2,1H3,(H,14,17). The van der Waals surface area contributed by atoms with Crippen molar-refractivity contribution >= 4 is 16.8 Å². The minimum Gasteiger partial charge on any atom is -0.355 e. The first-order valence-electron chi connectivity index (χ1n) is 5.93. The van der Waals surface area contributed by atoms with E-state index < -0.39 is 0 Å². The molecule has 0 saturated heterocycles. The average molecular weight is 245 g/mol. The van der Waals surface area contributed by atoms with Crippen LogP contribution in [0.15, 0.2) is 35.4 Å². The summed E-state index contributed by atoms with van der Waals surface area (Å²) < 4.78 is 1.33. The van der Waals surface area contributed by atoms with Crippen LogP contribution in [0.3, 0.4) is 0 Å². The number of nitrogens with one attached hydrogen (secondary N) is 1. The Morgan fingerprint density at radius 2 is 2.17 bits per heavy atom. The number of fused-ring (bicyclic) bond motifs is 1. The molecule has 1 aromatic heterocycles. The zero-order valence-electron chi connectivity index (χ0n) is 10.2. The van der Waals surface area contributed by atoms with E-state index in [0.717, 1.165) is 6.42 Å². The Labute approximate surface area is 104 Å². The van der Waals surface area contributed by atoms with Gasteiger partial charge in [0.1, 0.15) is 6.54 Å². The quantitative estimate of drug-likeness (QED) is 0.871. The Balaban J connectivity index is 2.27. The summed E-state index contributed by atoms with van der Waals surface area (Å²) in [4.78, 5) is 27.8. The third-order valence-electron chi connectivity index (χ3n) is 2.62. The average Bonchev–Trinajstić information content (AvgIpc) is 2.40. The summed E-state index contributed by atoms with van der Waals surface area (Å²) in [5.41, 5.74) is 0.458. The van der Waals surface area contributed by atoms with E-state index >= 15 is 0 Å².